The number of halogens is 1. The summed E-state index contributed by atoms with van der Waals surface area (Å²) in [4.78, 5) is 0. The molecule has 0 N–H and O–H groups in total. The lowest BCUT2D eigenvalue weighted by Crippen LogP contribution is -2.37. The van der Waals surface area contributed by atoms with Gasteiger partial charge in [-0.1, -0.05) is 13.8 Å². The van der Waals surface area contributed by atoms with Gasteiger partial charge in [0, 0.05) is 5.38 Å². The minimum Gasteiger partial charge on any atom is -0.375 e. The van der Waals surface area contributed by atoms with Crippen molar-refractivity contribution in [3.05, 3.63) is 0 Å². The fraction of sp³-hybridized carbons (Fsp3) is 1.00. The van der Waals surface area contributed by atoms with Crippen molar-refractivity contribution in [2.75, 3.05) is 0 Å². The maximum Gasteiger partial charge on any atom is 0.0607 e. The van der Waals surface area contributed by atoms with Gasteiger partial charge in [-0.3, -0.25) is 0 Å². The average Bonchev–Trinajstić information content (AvgIpc) is 1.99. The van der Waals surface area contributed by atoms with E-state index in [1.165, 1.54) is 19.3 Å². The minimum absolute atomic E-state index is 0.387. The summed E-state index contributed by atoms with van der Waals surface area (Å²) in [5.74, 6) is 1.69. The first-order valence-corrected chi connectivity index (χ1v) is 6.36. The number of hydrogen-bond acceptors (Lipinski definition) is 1. The molecule has 0 aromatic carbocycles. The Bertz CT molecular complexity index is 179. The minimum atomic E-state index is 0.387. The van der Waals surface area contributed by atoms with E-state index in [-0.39, 0.29) is 0 Å². The van der Waals surface area contributed by atoms with Crippen molar-refractivity contribution >= 4 is 11.6 Å². The first kappa shape index (κ1) is 10.8. The molecule has 0 radical (unpaired) electrons. The molecule has 2 aliphatic carbocycles. The fourth-order valence-corrected chi connectivity index (χ4v) is 3.27. The second kappa shape index (κ2) is 4.40. The first-order chi connectivity index (χ1) is 6.63. The topological polar surface area (TPSA) is 9.23 Å². The average molecular weight is 217 g/mol. The SMILES string of the molecule is CC1CC(C)CC(OC2CC(Cl)C2)C1. The van der Waals surface area contributed by atoms with Gasteiger partial charge in [-0.25, -0.2) is 0 Å². The highest BCUT2D eigenvalue weighted by molar-refractivity contribution is 6.21. The van der Waals surface area contributed by atoms with E-state index in [1.807, 2.05) is 0 Å². The molecular formula is C12H21ClO. The van der Waals surface area contributed by atoms with E-state index in [2.05, 4.69) is 13.8 Å². The van der Waals surface area contributed by atoms with Gasteiger partial charge in [-0.2, -0.15) is 0 Å². The standard InChI is InChI=1S/C12H21ClO/c1-8-3-9(2)5-11(4-8)14-12-6-10(13)7-12/h8-12H,3-7H2,1-2H3. The van der Waals surface area contributed by atoms with Crippen molar-refractivity contribution in [3.8, 4) is 0 Å². The Hall–Kier alpha value is 0.250. The van der Waals surface area contributed by atoms with Gasteiger partial charge in [-0.15, -0.1) is 11.6 Å². The van der Waals surface area contributed by atoms with Gasteiger partial charge in [0.15, 0.2) is 0 Å². The smallest absolute Gasteiger partial charge is 0.0607 e. The Labute approximate surface area is 92.2 Å². The molecule has 2 fully saturated rings. The largest absolute Gasteiger partial charge is 0.375 e. The predicted octanol–water partition coefficient (Wildman–Crippen LogP) is 3.60. The van der Waals surface area contributed by atoms with E-state index >= 15 is 0 Å². The summed E-state index contributed by atoms with van der Waals surface area (Å²) in [7, 11) is 0. The van der Waals surface area contributed by atoms with Crippen molar-refractivity contribution in [1.82, 2.24) is 0 Å². The second-order valence-electron chi connectivity index (χ2n) is 5.37. The van der Waals surface area contributed by atoms with E-state index < -0.39 is 0 Å². The van der Waals surface area contributed by atoms with Gasteiger partial charge < -0.3 is 4.74 Å². The summed E-state index contributed by atoms with van der Waals surface area (Å²) in [6.07, 6.45) is 7.02. The summed E-state index contributed by atoms with van der Waals surface area (Å²) in [5.41, 5.74) is 0. The Morgan fingerprint density at radius 1 is 0.857 bits per heavy atom. The first-order valence-electron chi connectivity index (χ1n) is 5.93. The lowest BCUT2D eigenvalue weighted by atomic mass is 9.81. The maximum atomic E-state index is 6.05. The zero-order valence-electron chi connectivity index (χ0n) is 9.21. The maximum absolute atomic E-state index is 6.05. The molecule has 2 heteroatoms. The molecule has 0 aromatic heterocycles. The Kier molecular flexibility index (Phi) is 3.38. The molecule has 0 aliphatic heterocycles. The molecule has 1 nitrogen and oxygen atoms in total. The molecule has 0 amide bonds. The highest BCUT2D eigenvalue weighted by atomic mass is 35.5. The molecule has 2 unspecified atom stereocenters. The Balaban J connectivity index is 1.74. The van der Waals surface area contributed by atoms with E-state index in [0.29, 0.717) is 17.6 Å². The van der Waals surface area contributed by atoms with Gasteiger partial charge in [0.25, 0.3) is 0 Å². The number of hydrogen-bond donors (Lipinski definition) is 0. The molecule has 2 aliphatic rings. The van der Waals surface area contributed by atoms with Crippen LogP contribution < -0.4 is 0 Å². The van der Waals surface area contributed by atoms with Crippen LogP contribution in [0.3, 0.4) is 0 Å². The highest BCUT2D eigenvalue weighted by Gasteiger charge is 2.32. The third kappa shape index (κ3) is 2.64. The van der Waals surface area contributed by atoms with Crippen LogP contribution in [0.5, 0.6) is 0 Å². The second-order valence-corrected chi connectivity index (χ2v) is 5.98. The predicted molar refractivity (Wildman–Crippen MR) is 59.7 cm³/mol. The van der Waals surface area contributed by atoms with E-state index in [1.54, 1.807) is 0 Å². The van der Waals surface area contributed by atoms with Crippen molar-refractivity contribution < 1.29 is 4.74 Å². The summed E-state index contributed by atoms with van der Waals surface area (Å²) in [5, 5.41) is 0.387. The number of alkyl halides is 1. The van der Waals surface area contributed by atoms with Crippen molar-refractivity contribution in [3.63, 3.8) is 0 Å². The molecule has 14 heavy (non-hydrogen) atoms. The monoisotopic (exact) mass is 216 g/mol. The molecule has 0 heterocycles. The lowest BCUT2D eigenvalue weighted by molar-refractivity contribution is -0.0775. The summed E-state index contributed by atoms with van der Waals surface area (Å²) in [6, 6.07) is 0. The summed E-state index contributed by atoms with van der Waals surface area (Å²) < 4.78 is 6.05. The molecule has 0 aromatic rings. The molecular weight excluding hydrogens is 196 g/mol. The van der Waals surface area contributed by atoms with Crippen LogP contribution in [0.4, 0.5) is 0 Å². The number of rotatable bonds is 2. The zero-order chi connectivity index (χ0) is 10.1. The molecule has 0 saturated heterocycles. The van der Waals surface area contributed by atoms with Crippen LogP contribution >= 0.6 is 11.6 Å². The molecule has 0 bridgehead atoms. The van der Waals surface area contributed by atoms with Crippen molar-refractivity contribution in [2.45, 2.75) is 63.5 Å². The van der Waals surface area contributed by atoms with Gasteiger partial charge in [0.1, 0.15) is 0 Å². The molecule has 82 valence electrons. The van der Waals surface area contributed by atoms with Crippen LogP contribution in [0, 0.1) is 11.8 Å². The zero-order valence-corrected chi connectivity index (χ0v) is 9.96. The van der Waals surface area contributed by atoms with Crippen molar-refractivity contribution in [1.29, 1.82) is 0 Å². The molecule has 2 atom stereocenters. The summed E-state index contributed by atoms with van der Waals surface area (Å²) in [6.45, 7) is 4.69. The van der Waals surface area contributed by atoms with Crippen LogP contribution in [0.1, 0.15) is 46.0 Å². The van der Waals surface area contributed by atoms with Crippen LogP contribution in [0.15, 0.2) is 0 Å². The van der Waals surface area contributed by atoms with Crippen LogP contribution in [-0.2, 0) is 4.74 Å². The van der Waals surface area contributed by atoms with Gasteiger partial charge in [-0.05, 0) is 43.9 Å². The van der Waals surface area contributed by atoms with E-state index in [0.717, 1.165) is 24.7 Å². The lowest BCUT2D eigenvalue weighted by Gasteiger charge is -2.38. The van der Waals surface area contributed by atoms with E-state index in [4.69, 9.17) is 16.3 Å². The Morgan fingerprint density at radius 2 is 1.36 bits per heavy atom. The van der Waals surface area contributed by atoms with Gasteiger partial charge >= 0.3 is 0 Å². The van der Waals surface area contributed by atoms with Gasteiger partial charge in [0.2, 0.25) is 0 Å². The van der Waals surface area contributed by atoms with Crippen LogP contribution in [-0.4, -0.2) is 17.6 Å². The molecule has 2 saturated carbocycles. The molecule has 2 rings (SSSR count). The third-order valence-electron chi connectivity index (χ3n) is 3.56. The third-order valence-corrected chi connectivity index (χ3v) is 3.91. The van der Waals surface area contributed by atoms with E-state index in [9.17, 15) is 0 Å². The van der Waals surface area contributed by atoms with Crippen molar-refractivity contribution in [2.24, 2.45) is 11.8 Å². The quantitative estimate of drug-likeness (QED) is 0.641. The number of ether oxygens (including phenoxy) is 1. The fourth-order valence-electron chi connectivity index (χ4n) is 2.87. The van der Waals surface area contributed by atoms with Crippen LogP contribution in [0.25, 0.3) is 0 Å². The Morgan fingerprint density at radius 3 is 1.86 bits per heavy atom. The summed E-state index contributed by atoms with van der Waals surface area (Å²) >= 11 is 5.94. The van der Waals surface area contributed by atoms with Gasteiger partial charge in [0.05, 0.1) is 12.2 Å². The normalized spacial score (nSPS) is 48.6. The molecule has 0 spiro atoms. The highest BCUT2D eigenvalue weighted by Crippen LogP contribution is 2.35. The van der Waals surface area contributed by atoms with Crippen LogP contribution in [0.2, 0.25) is 0 Å².